The number of rotatable bonds is 4. The Hall–Kier alpha value is -2.82. The molecule has 0 saturated carbocycles. The number of aliphatic hydroxyl groups is 2. The summed E-state index contributed by atoms with van der Waals surface area (Å²) in [7, 11) is 0. The third-order valence-electron chi connectivity index (χ3n) is 5.91. The van der Waals surface area contributed by atoms with Crippen molar-refractivity contribution in [3.8, 4) is 11.3 Å². The molecule has 0 spiro atoms. The molecule has 3 atom stereocenters. The number of β-amino-alcohol motifs (C(OH)–C–C–N with tert-alkyl or cyclic N) is 1. The number of carbonyl (C=O) groups is 1. The molecule has 34 heavy (non-hydrogen) atoms. The van der Waals surface area contributed by atoms with Gasteiger partial charge in [0.05, 0.1) is 40.9 Å². The van der Waals surface area contributed by atoms with Gasteiger partial charge in [0.2, 0.25) is 5.95 Å². The molecule has 2 aromatic heterocycles. The van der Waals surface area contributed by atoms with Crippen LogP contribution in [0.5, 0.6) is 0 Å². The Morgan fingerprint density at radius 3 is 2.71 bits per heavy atom. The first-order valence-corrected chi connectivity index (χ1v) is 11.4. The maximum absolute atomic E-state index is 14.9. The van der Waals surface area contributed by atoms with Crippen molar-refractivity contribution in [1.29, 1.82) is 0 Å². The molecule has 1 fully saturated rings. The van der Waals surface area contributed by atoms with Gasteiger partial charge in [-0.05, 0) is 46.2 Å². The van der Waals surface area contributed by atoms with E-state index in [0.29, 0.717) is 29.7 Å². The minimum absolute atomic E-state index is 0.0838. The van der Waals surface area contributed by atoms with E-state index in [1.54, 1.807) is 12.4 Å². The van der Waals surface area contributed by atoms with Gasteiger partial charge >= 0.3 is 0 Å². The average Bonchev–Trinajstić information content (AvgIpc) is 3.21. The predicted molar refractivity (Wildman–Crippen MR) is 127 cm³/mol. The smallest absolute Gasteiger partial charge is 0.251 e. The number of likely N-dealkylation sites (tertiary alicyclic amines) is 1. The summed E-state index contributed by atoms with van der Waals surface area (Å²) in [4.78, 5) is 26.3. The summed E-state index contributed by atoms with van der Waals surface area (Å²) in [5.74, 6) is -0.678. The lowest BCUT2D eigenvalue weighted by Crippen LogP contribution is -2.53. The lowest BCUT2D eigenvalue weighted by atomic mass is 10.0. The Balaban J connectivity index is 1.61. The summed E-state index contributed by atoms with van der Waals surface area (Å²) >= 11 is 6.38. The summed E-state index contributed by atoms with van der Waals surface area (Å²) < 4.78 is 16.8. The van der Waals surface area contributed by atoms with E-state index in [2.05, 4.69) is 20.3 Å². The molecule has 1 aliphatic heterocycles. The number of carbonyl (C=O) groups excluding carboxylic acids is 1. The molecular formula is C23H28ClFN6O3. The van der Waals surface area contributed by atoms with E-state index in [-0.39, 0.29) is 28.6 Å². The molecular weight excluding hydrogens is 463 g/mol. The molecule has 0 bridgehead atoms. The van der Waals surface area contributed by atoms with Gasteiger partial charge in [-0.25, -0.2) is 19.3 Å². The highest BCUT2D eigenvalue weighted by Gasteiger charge is 2.32. The number of nitrogens with one attached hydrogen (secondary N) is 1. The zero-order valence-corrected chi connectivity index (χ0v) is 20.2. The zero-order valence-electron chi connectivity index (χ0n) is 19.5. The molecule has 0 aliphatic carbocycles. The highest BCUT2D eigenvalue weighted by atomic mass is 35.5. The molecule has 182 valence electrons. The van der Waals surface area contributed by atoms with E-state index < -0.39 is 30.0 Å². The summed E-state index contributed by atoms with van der Waals surface area (Å²) in [6.45, 7) is 7.87. The van der Waals surface area contributed by atoms with Crippen molar-refractivity contribution in [1.82, 2.24) is 24.4 Å². The fourth-order valence-electron chi connectivity index (χ4n) is 4.11. The molecule has 11 heteroatoms. The third kappa shape index (κ3) is 4.70. The number of aromatic nitrogens is 4. The Labute approximate surface area is 201 Å². The Bertz CT molecular complexity index is 1230. The number of benzene rings is 1. The molecule has 4 rings (SSSR count). The Morgan fingerprint density at radius 2 is 2.06 bits per heavy atom. The molecule has 1 unspecified atom stereocenters. The normalized spacial score (nSPS) is 19.9. The van der Waals surface area contributed by atoms with E-state index >= 15 is 0 Å². The van der Waals surface area contributed by atoms with Crippen LogP contribution >= 0.6 is 11.6 Å². The maximum atomic E-state index is 14.9. The number of nitrogens with zero attached hydrogens (tertiary/aromatic N) is 5. The first-order valence-electron chi connectivity index (χ1n) is 11.1. The van der Waals surface area contributed by atoms with Crippen molar-refractivity contribution in [2.45, 2.75) is 57.9 Å². The Kier molecular flexibility index (Phi) is 6.50. The second kappa shape index (κ2) is 9.09. The van der Waals surface area contributed by atoms with Crippen LogP contribution in [0.2, 0.25) is 5.02 Å². The minimum atomic E-state index is -1.12. The van der Waals surface area contributed by atoms with E-state index in [1.165, 1.54) is 24.1 Å². The SMILES string of the molecule is CC(O)C(=O)N1CC[C@@H](Nc2ncc(Cl)c(-c3cc(F)c4ncn(C(C)(C)C)c4c3)n2)[C@H](O)C1. The van der Waals surface area contributed by atoms with Crippen LogP contribution in [0.25, 0.3) is 22.3 Å². The number of aliphatic hydroxyl groups excluding tert-OH is 2. The first kappa shape index (κ1) is 24.3. The van der Waals surface area contributed by atoms with Crippen LogP contribution in [-0.4, -0.2) is 71.9 Å². The van der Waals surface area contributed by atoms with Gasteiger partial charge in [-0.15, -0.1) is 0 Å². The molecule has 0 radical (unpaired) electrons. The van der Waals surface area contributed by atoms with Crippen molar-refractivity contribution in [3.63, 3.8) is 0 Å². The third-order valence-corrected chi connectivity index (χ3v) is 6.19. The van der Waals surface area contributed by atoms with Crippen molar-refractivity contribution < 1.29 is 19.4 Å². The monoisotopic (exact) mass is 490 g/mol. The molecule has 1 amide bonds. The van der Waals surface area contributed by atoms with Gasteiger partial charge < -0.3 is 25.0 Å². The number of anilines is 1. The topological polar surface area (TPSA) is 116 Å². The number of fused-ring (bicyclic) bond motifs is 1. The van der Waals surface area contributed by atoms with Crippen LogP contribution in [0, 0.1) is 5.82 Å². The molecule has 3 N–H and O–H groups in total. The van der Waals surface area contributed by atoms with E-state index in [9.17, 15) is 19.4 Å². The fourth-order valence-corrected chi connectivity index (χ4v) is 4.31. The van der Waals surface area contributed by atoms with Crippen LogP contribution < -0.4 is 5.32 Å². The van der Waals surface area contributed by atoms with Crippen LogP contribution in [0.1, 0.15) is 34.1 Å². The van der Waals surface area contributed by atoms with Crippen molar-refractivity contribution >= 4 is 34.5 Å². The van der Waals surface area contributed by atoms with Crippen molar-refractivity contribution in [2.75, 3.05) is 18.4 Å². The van der Waals surface area contributed by atoms with Crippen LogP contribution in [0.15, 0.2) is 24.7 Å². The van der Waals surface area contributed by atoms with E-state index in [1.807, 2.05) is 25.3 Å². The van der Waals surface area contributed by atoms with Crippen molar-refractivity contribution in [3.05, 3.63) is 35.5 Å². The summed E-state index contributed by atoms with van der Waals surface area (Å²) in [5.41, 5.74) is 1.41. The highest BCUT2D eigenvalue weighted by Crippen LogP contribution is 2.32. The highest BCUT2D eigenvalue weighted by molar-refractivity contribution is 6.33. The minimum Gasteiger partial charge on any atom is -0.389 e. The second-order valence-electron chi connectivity index (χ2n) is 9.57. The first-order chi connectivity index (χ1) is 16.0. The summed E-state index contributed by atoms with van der Waals surface area (Å²) in [5, 5.41) is 23.4. The molecule has 3 aromatic rings. The van der Waals surface area contributed by atoms with Gasteiger partial charge in [0.25, 0.3) is 5.91 Å². The number of hydrogen-bond acceptors (Lipinski definition) is 7. The van der Waals surface area contributed by atoms with Crippen molar-refractivity contribution in [2.24, 2.45) is 0 Å². The molecule has 1 aromatic carbocycles. The lowest BCUT2D eigenvalue weighted by Gasteiger charge is -2.36. The fraction of sp³-hybridized carbons (Fsp3) is 0.478. The molecule has 9 nitrogen and oxygen atoms in total. The molecule has 1 aliphatic rings. The van der Waals surface area contributed by atoms with Crippen LogP contribution in [-0.2, 0) is 10.3 Å². The summed E-state index contributed by atoms with van der Waals surface area (Å²) in [6.07, 6.45) is 1.47. The number of hydrogen-bond donors (Lipinski definition) is 3. The average molecular weight is 491 g/mol. The number of amides is 1. The zero-order chi connectivity index (χ0) is 24.8. The standard InChI is InChI=1S/C23H28ClFN6O3/c1-12(32)21(34)30-6-5-16(18(33)10-30)28-22-26-9-14(24)19(29-22)13-7-15(25)20-17(8-13)31(11-27-20)23(2,3)4/h7-9,11-12,16,18,32-33H,5-6,10H2,1-4H3,(H,26,28,29)/t12?,16-,18-/m1/s1. The van der Waals surface area contributed by atoms with E-state index in [4.69, 9.17) is 11.6 Å². The quantitative estimate of drug-likeness (QED) is 0.515. The largest absolute Gasteiger partial charge is 0.389 e. The number of piperidine rings is 1. The van der Waals surface area contributed by atoms with Gasteiger partial charge in [-0.1, -0.05) is 11.6 Å². The summed E-state index contributed by atoms with van der Waals surface area (Å²) in [6, 6.07) is 2.73. The Morgan fingerprint density at radius 1 is 1.32 bits per heavy atom. The van der Waals surface area contributed by atoms with Gasteiger partial charge in [-0.2, -0.15) is 0 Å². The predicted octanol–water partition coefficient (Wildman–Crippen LogP) is 2.80. The molecule has 3 heterocycles. The van der Waals surface area contributed by atoms with Gasteiger partial charge in [-0.3, -0.25) is 4.79 Å². The number of imidazole rings is 1. The van der Waals surface area contributed by atoms with Gasteiger partial charge in [0, 0.05) is 24.2 Å². The van der Waals surface area contributed by atoms with Gasteiger partial charge in [0.1, 0.15) is 11.6 Å². The lowest BCUT2D eigenvalue weighted by molar-refractivity contribution is -0.142. The maximum Gasteiger partial charge on any atom is 0.251 e. The van der Waals surface area contributed by atoms with Crippen LogP contribution in [0.3, 0.4) is 0 Å². The van der Waals surface area contributed by atoms with Crippen LogP contribution in [0.4, 0.5) is 10.3 Å². The van der Waals surface area contributed by atoms with E-state index in [0.717, 1.165) is 0 Å². The second-order valence-corrected chi connectivity index (χ2v) is 9.98. The molecule has 1 saturated heterocycles. The number of halogens is 2. The van der Waals surface area contributed by atoms with Gasteiger partial charge in [0.15, 0.2) is 5.82 Å².